The number of carbonyl (C=O) groups is 1. The van der Waals surface area contributed by atoms with Crippen LogP contribution in [0.25, 0.3) is 22.4 Å². The van der Waals surface area contributed by atoms with E-state index in [-0.39, 0.29) is 16.6 Å². The average Bonchev–Trinajstić information content (AvgIpc) is 3.99. The van der Waals surface area contributed by atoms with Gasteiger partial charge in [-0.2, -0.15) is 13.2 Å². The fourth-order valence-electron chi connectivity index (χ4n) is 10.0. The van der Waals surface area contributed by atoms with Crippen molar-refractivity contribution < 1.29 is 52.7 Å². The van der Waals surface area contributed by atoms with Crippen LogP contribution < -0.4 is 19.8 Å². The van der Waals surface area contributed by atoms with Crippen LogP contribution in [0.15, 0.2) is 117 Å². The molecule has 23 heteroatoms. The lowest BCUT2D eigenvalue weighted by molar-refractivity contribution is -0.143. The van der Waals surface area contributed by atoms with E-state index in [0.717, 1.165) is 23.3 Å². The molecule has 0 radical (unpaired) electrons. The SMILES string of the molecule is Cc1c(S(C)(=O)=O)c(-c2cc(F)cc(N3CCN(c4ccc(NS(=O)(=O)c5ccc(NC(CCN6CCC(C(=O)O)CC6)Cc6cccs6)c(S(=O)(=O)C(F)(F)F)c5)cc4)CC3)c2)c(-c2ccc(Cl)cc2)n1C(C)C. The quantitative estimate of drug-likeness (QED) is 0.0695. The van der Waals surface area contributed by atoms with Gasteiger partial charge in [0, 0.05) is 95.7 Å². The third-order valence-corrected chi connectivity index (χ3v) is 19.0. The van der Waals surface area contributed by atoms with Gasteiger partial charge in [-0.3, -0.25) is 9.52 Å². The van der Waals surface area contributed by atoms with Crippen molar-refractivity contribution in [3.8, 4) is 22.4 Å². The van der Waals surface area contributed by atoms with Gasteiger partial charge < -0.3 is 29.7 Å². The third kappa shape index (κ3) is 12.5. The fourth-order valence-corrected chi connectivity index (χ4v) is 14.3. The topological polar surface area (TPSA) is 178 Å². The minimum atomic E-state index is -6.07. The number of carboxylic acid groups (broad SMARTS) is 1. The van der Waals surface area contributed by atoms with E-state index < -0.39 is 74.4 Å². The molecule has 0 bridgehead atoms. The van der Waals surface area contributed by atoms with Crippen LogP contribution in [-0.4, -0.2) is 109 Å². The van der Waals surface area contributed by atoms with Crippen molar-refractivity contribution in [2.75, 3.05) is 71.9 Å². The van der Waals surface area contributed by atoms with Crippen LogP contribution in [0, 0.1) is 18.7 Å². The molecule has 0 aliphatic carbocycles. The number of likely N-dealkylation sites (tertiary alicyclic amines) is 1. The summed E-state index contributed by atoms with van der Waals surface area (Å²) < 4.78 is 144. The maximum atomic E-state index is 15.8. The van der Waals surface area contributed by atoms with E-state index in [1.165, 1.54) is 35.6 Å². The number of nitrogens with one attached hydrogen (secondary N) is 2. The van der Waals surface area contributed by atoms with Crippen molar-refractivity contribution in [3.05, 3.63) is 124 Å². The number of sulfone groups is 2. The standard InChI is InChI=1S/C52H57ClF4N6O8S4/c1-33(2)63-34(3)50(73(4,66)67)48(49(63)35-7-9-38(53)10-8-35)37-28-39(54)30-43(29-37)62-25-23-61(24-26-62)42-13-11-40(12-14-42)59-75(70,71)45-15-16-46(47(32-45)74(68,69)52(55,56)57)58-41(31-44-6-5-27-72-44)19-22-60-20-17-36(18-21-60)51(64)65/h5-16,27-30,32-33,36,41,58-59H,17-26,31H2,1-4H3,(H,64,65). The smallest absolute Gasteiger partial charge is 0.481 e. The van der Waals surface area contributed by atoms with Gasteiger partial charge in [0.2, 0.25) is 0 Å². The minimum absolute atomic E-state index is 0.0588. The van der Waals surface area contributed by atoms with Crippen LogP contribution in [0.3, 0.4) is 0 Å². The Kier molecular flexibility index (Phi) is 16.4. The van der Waals surface area contributed by atoms with Crippen LogP contribution in [-0.2, 0) is 40.9 Å². The van der Waals surface area contributed by atoms with Gasteiger partial charge >= 0.3 is 11.5 Å². The van der Waals surface area contributed by atoms with Gasteiger partial charge in [0.25, 0.3) is 19.9 Å². The zero-order valence-electron chi connectivity index (χ0n) is 41.4. The van der Waals surface area contributed by atoms with Gasteiger partial charge in [-0.05, 0) is 148 Å². The summed E-state index contributed by atoms with van der Waals surface area (Å²) in [6.07, 6.45) is 2.72. The molecular weight excluding hydrogens is 1080 g/mol. The van der Waals surface area contributed by atoms with Crippen LogP contribution in [0.4, 0.5) is 40.3 Å². The summed E-state index contributed by atoms with van der Waals surface area (Å²) in [6, 6.07) is 23.4. The number of benzene rings is 4. The Balaban J connectivity index is 0.982. The Bertz CT molecular complexity index is 3380. The first-order valence-corrected chi connectivity index (χ1v) is 30.3. The molecule has 2 aliphatic rings. The minimum Gasteiger partial charge on any atom is -0.481 e. The second kappa shape index (κ2) is 22.1. The Morgan fingerprint density at radius 3 is 2.04 bits per heavy atom. The second-order valence-electron chi connectivity index (χ2n) is 19.2. The summed E-state index contributed by atoms with van der Waals surface area (Å²) in [5.74, 6) is -1.87. The van der Waals surface area contributed by atoms with Crippen LogP contribution in [0.5, 0.6) is 0 Å². The summed E-state index contributed by atoms with van der Waals surface area (Å²) in [6.45, 7) is 8.90. The van der Waals surface area contributed by atoms with Gasteiger partial charge in [-0.1, -0.05) is 29.8 Å². The lowest BCUT2D eigenvalue weighted by Crippen LogP contribution is -2.46. The highest BCUT2D eigenvalue weighted by Gasteiger charge is 2.48. The highest BCUT2D eigenvalue weighted by atomic mass is 35.5. The molecule has 0 saturated carbocycles. The second-order valence-corrected chi connectivity index (χ2v) is 26.2. The molecule has 4 aromatic carbocycles. The van der Waals surface area contributed by atoms with Gasteiger partial charge in [0.1, 0.15) is 10.7 Å². The molecular formula is C52H57ClF4N6O8S4. The van der Waals surface area contributed by atoms with Crippen molar-refractivity contribution in [1.29, 1.82) is 0 Å². The molecule has 3 N–H and O–H groups in total. The van der Waals surface area contributed by atoms with E-state index in [1.807, 2.05) is 45.7 Å². The number of aromatic nitrogens is 1. The lowest BCUT2D eigenvalue weighted by atomic mass is 9.96. The maximum absolute atomic E-state index is 15.8. The summed E-state index contributed by atoms with van der Waals surface area (Å²) in [4.78, 5) is 16.6. The van der Waals surface area contributed by atoms with E-state index >= 15 is 4.39 Å². The molecule has 2 aromatic heterocycles. The number of nitrogens with zero attached hydrogens (tertiary/aromatic N) is 4. The van der Waals surface area contributed by atoms with Gasteiger partial charge in [0.15, 0.2) is 9.84 Å². The molecule has 2 fully saturated rings. The molecule has 8 rings (SSSR count). The van der Waals surface area contributed by atoms with E-state index in [2.05, 4.69) is 14.9 Å². The Hall–Kier alpha value is -5.65. The van der Waals surface area contributed by atoms with Gasteiger partial charge in [-0.15, -0.1) is 11.3 Å². The first kappa shape index (κ1) is 55.6. The Morgan fingerprint density at radius 2 is 1.47 bits per heavy atom. The number of aliphatic carboxylic acids is 1. The Labute approximate surface area is 443 Å². The summed E-state index contributed by atoms with van der Waals surface area (Å²) in [7, 11) is -14.5. The predicted molar refractivity (Wildman–Crippen MR) is 287 cm³/mol. The van der Waals surface area contributed by atoms with E-state index in [0.29, 0.717) is 122 Å². The van der Waals surface area contributed by atoms with Crippen molar-refractivity contribution in [3.63, 3.8) is 0 Å². The molecule has 402 valence electrons. The molecule has 75 heavy (non-hydrogen) atoms. The van der Waals surface area contributed by atoms with Crippen molar-refractivity contribution in [2.45, 2.75) is 78.7 Å². The molecule has 2 saturated heterocycles. The maximum Gasteiger partial charge on any atom is 0.501 e. The summed E-state index contributed by atoms with van der Waals surface area (Å²) in [5.41, 5.74) is -2.23. The zero-order valence-corrected chi connectivity index (χ0v) is 45.5. The molecule has 2 aliphatic heterocycles. The molecule has 6 aromatic rings. The van der Waals surface area contributed by atoms with E-state index in [4.69, 9.17) is 11.6 Å². The fraction of sp³-hybridized carbons (Fsp3) is 0.365. The third-order valence-electron chi connectivity index (χ3n) is 13.7. The van der Waals surface area contributed by atoms with E-state index in [1.54, 1.807) is 49.4 Å². The van der Waals surface area contributed by atoms with Crippen molar-refractivity contribution in [2.24, 2.45) is 5.92 Å². The van der Waals surface area contributed by atoms with E-state index in [9.17, 15) is 48.3 Å². The number of halogens is 5. The predicted octanol–water partition coefficient (Wildman–Crippen LogP) is 10.6. The molecule has 0 amide bonds. The monoisotopic (exact) mass is 1130 g/mol. The number of carboxylic acids is 1. The molecule has 14 nitrogen and oxygen atoms in total. The van der Waals surface area contributed by atoms with Crippen molar-refractivity contribution >= 4 is 81.4 Å². The van der Waals surface area contributed by atoms with Gasteiger partial charge in [-0.25, -0.2) is 29.6 Å². The molecule has 0 spiro atoms. The summed E-state index contributed by atoms with van der Waals surface area (Å²) in [5, 5.41) is 14.7. The number of hydrogen-bond donors (Lipinski definition) is 3. The number of sulfonamides is 1. The lowest BCUT2D eigenvalue weighted by Gasteiger charge is -2.37. The Morgan fingerprint density at radius 1 is 0.827 bits per heavy atom. The molecule has 1 unspecified atom stereocenters. The number of alkyl halides is 3. The molecule has 1 atom stereocenters. The van der Waals surface area contributed by atoms with Crippen LogP contribution >= 0.6 is 22.9 Å². The number of thiophene rings is 1. The summed E-state index contributed by atoms with van der Waals surface area (Å²) >= 11 is 7.66. The highest BCUT2D eigenvalue weighted by Crippen LogP contribution is 2.45. The zero-order chi connectivity index (χ0) is 54.2. The first-order valence-electron chi connectivity index (χ1n) is 24.1. The van der Waals surface area contributed by atoms with Crippen molar-refractivity contribution in [1.82, 2.24) is 9.47 Å². The largest absolute Gasteiger partial charge is 0.501 e. The average molecular weight is 1130 g/mol. The number of hydrogen-bond acceptors (Lipinski definition) is 12. The number of piperidine rings is 1. The number of anilines is 4. The van der Waals surface area contributed by atoms with Crippen LogP contribution in [0.1, 0.15) is 49.7 Å². The van der Waals surface area contributed by atoms with Crippen LogP contribution in [0.2, 0.25) is 5.02 Å². The number of piperazine rings is 1. The van der Waals surface area contributed by atoms with Gasteiger partial charge in [0.05, 0.1) is 27.1 Å². The normalized spacial score (nSPS) is 15.9. The first-order chi connectivity index (χ1) is 35.3. The highest BCUT2D eigenvalue weighted by molar-refractivity contribution is 7.93. The molecule has 4 heterocycles. The number of rotatable bonds is 18.